The summed E-state index contributed by atoms with van der Waals surface area (Å²) in [7, 11) is 1.73. The summed E-state index contributed by atoms with van der Waals surface area (Å²) < 4.78 is 8.00. The van der Waals surface area contributed by atoms with E-state index in [1.807, 2.05) is 0 Å². The molecule has 0 aliphatic heterocycles. The molecule has 0 amide bonds. The Kier molecular flexibility index (Phi) is 5.54. The maximum atomic E-state index is 5.64. The first-order valence-electron chi connectivity index (χ1n) is 6.19. The van der Waals surface area contributed by atoms with Gasteiger partial charge in [0.05, 0.1) is 11.9 Å². The van der Waals surface area contributed by atoms with Crippen molar-refractivity contribution in [3.63, 3.8) is 0 Å². The number of benzene rings is 2. The van der Waals surface area contributed by atoms with E-state index in [2.05, 4.69) is 98.6 Å². The summed E-state index contributed by atoms with van der Waals surface area (Å²) in [4.78, 5) is 0.113. The molecule has 0 saturated carbocycles. The molecular weight excluding hydrogens is 495 g/mol. The van der Waals surface area contributed by atoms with Gasteiger partial charge in [0, 0.05) is 13.6 Å². The highest BCUT2D eigenvalue weighted by Crippen LogP contribution is 2.43. The van der Waals surface area contributed by atoms with Crippen molar-refractivity contribution in [3.8, 4) is 5.75 Å². The molecule has 4 heteroatoms. The lowest BCUT2D eigenvalue weighted by Crippen LogP contribution is -2.04. The molecule has 0 aliphatic rings. The topological polar surface area (TPSA) is 9.23 Å². The largest absolute Gasteiger partial charge is 0.496 e. The maximum absolute atomic E-state index is 5.64. The van der Waals surface area contributed by atoms with E-state index in [9.17, 15) is 0 Å². The number of aryl methyl sites for hydroxylation is 1. The molecule has 0 radical (unpaired) electrons. The summed E-state index contributed by atoms with van der Waals surface area (Å²) in [6.07, 6.45) is 0. The molecule has 0 heterocycles. The summed E-state index contributed by atoms with van der Waals surface area (Å²) in [6, 6.07) is 10.5. The summed E-state index contributed by atoms with van der Waals surface area (Å²) >= 11 is 9.86. The van der Waals surface area contributed by atoms with Crippen LogP contribution in [0.1, 0.15) is 27.1 Å². The third-order valence-corrected chi connectivity index (χ3v) is 6.10. The lowest BCUT2D eigenvalue weighted by molar-refractivity contribution is 0.406. The van der Waals surface area contributed by atoms with Crippen molar-refractivity contribution in [1.29, 1.82) is 0 Å². The zero-order chi connectivity index (χ0) is 14.9. The van der Waals surface area contributed by atoms with Gasteiger partial charge in [-0.25, -0.2) is 0 Å². The van der Waals surface area contributed by atoms with Crippen molar-refractivity contribution in [2.24, 2.45) is 0 Å². The molecular formula is C16H15Br2IO. The van der Waals surface area contributed by atoms with E-state index in [1.165, 1.54) is 20.3 Å². The molecule has 1 nitrogen and oxygen atoms in total. The van der Waals surface area contributed by atoms with Crippen molar-refractivity contribution >= 4 is 54.5 Å². The lowest BCUT2D eigenvalue weighted by Gasteiger charge is -2.21. The second-order valence-electron chi connectivity index (χ2n) is 4.63. The van der Waals surface area contributed by atoms with Crippen LogP contribution in [0.4, 0.5) is 0 Å². The number of methoxy groups -OCH3 is 1. The van der Waals surface area contributed by atoms with E-state index in [0.717, 1.165) is 15.8 Å². The Balaban J connectivity index is 2.66. The fourth-order valence-electron chi connectivity index (χ4n) is 2.29. The van der Waals surface area contributed by atoms with Gasteiger partial charge in [0.25, 0.3) is 0 Å². The molecule has 0 saturated heterocycles. The van der Waals surface area contributed by atoms with E-state index in [4.69, 9.17) is 4.74 Å². The molecule has 2 aromatic rings. The molecule has 0 fully saturated rings. The van der Waals surface area contributed by atoms with Crippen LogP contribution >= 0.6 is 54.5 Å². The van der Waals surface area contributed by atoms with Crippen LogP contribution < -0.4 is 4.74 Å². The highest BCUT2D eigenvalue weighted by Gasteiger charge is 2.22. The third-order valence-electron chi connectivity index (χ3n) is 3.34. The van der Waals surface area contributed by atoms with Gasteiger partial charge in [-0.05, 0) is 65.3 Å². The fourth-order valence-corrected chi connectivity index (χ4v) is 4.92. The molecule has 0 N–H and O–H groups in total. The SMILES string of the molecule is COc1c(C)cc(Br)c(C)c1C(Br)c1ccccc1I. The van der Waals surface area contributed by atoms with Gasteiger partial charge in [-0.15, -0.1) is 0 Å². The lowest BCUT2D eigenvalue weighted by atomic mass is 9.97. The van der Waals surface area contributed by atoms with Gasteiger partial charge in [-0.2, -0.15) is 0 Å². The fraction of sp³-hybridized carbons (Fsp3) is 0.250. The first-order chi connectivity index (χ1) is 9.47. The Bertz CT molecular complexity index is 641. The average molecular weight is 510 g/mol. The summed E-state index contributed by atoms with van der Waals surface area (Å²) in [5, 5.41) is 0. The molecule has 106 valence electrons. The highest BCUT2D eigenvalue weighted by molar-refractivity contribution is 14.1. The van der Waals surface area contributed by atoms with Crippen molar-refractivity contribution in [2.75, 3.05) is 7.11 Å². The predicted molar refractivity (Wildman–Crippen MR) is 100 cm³/mol. The molecule has 0 bridgehead atoms. The Hall–Kier alpha value is -0.0700. The normalized spacial score (nSPS) is 12.3. The number of alkyl halides is 1. The van der Waals surface area contributed by atoms with Crippen LogP contribution in [0.2, 0.25) is 0 Å². The van der Waals surface area contributed by atoms with Crippen LogP contribution in [-0.2, 0) is 0 Å². The molecule has 2 rings (SSSR count). The summed E-state index contributed by atoms with van der Waals surface area (Å²) in [5.74, 6) is 0.951. The smallest absolute Gasteiger partial charge is 0.126 e. The van der Waals surface area contributed by atoms with Gasteiger partial charge in [0.2, 0.25) is 0 Å². The Morgan fingerprint density at radius 2 is 1.85 bits per heavy atom. The van der Waals surface area contributed by atoms with Crippen LogP contribution in [0.15, 0.2) is 34.8 Å². The van der Waals surface area contributed by atoms with Crippen LogP contribution in [0.3, 0.4) is 0 Å². The minimum atomic E-state index is 0.113. The van der Waals surface area contributed by atoms with E-state index in [-0.39, 0.29) is 4.83 Å². The number of rotatable bonds is 3. The molecule has 2 aromatic carbocycles. The number of hydrogen-bond acceptors (Lipinski definition) is 1. The standard InChI is InChI=1S/C16H15Br2IO/c1-9-8-12(17)10(2)14(16(9)20-3)15(18)11-6-4-5-7-13(11)19/h4-8,15H,1-3H3. The summed E-state index contributed by atoms with van der Waals surface area (Å²) in [5.41, 5.74) is 4.78. The van der Waals surface area contributed by atoms with E-state index in [1.54, 1.807) is 7.11 Å². The van der Waals surface area contributed by atoms with Crippen molar-refractivity contribution in [3.05, 3.63) is 60.6 Å². The minimum Gasteiger partial charge on any atom is -0.496 e. The van der Waals surface area contributed by atoms with E-state index in [0.29, 0.717) is 0 Å². The Labute approximate surface area is 150 Å². The van der Waals surface area contributed by atoms with Crippen molar-refractivity contribution in [2.45, 2.75) is 18.7 Å². The van der Waals surface area contributed by atoms with E-state index < -0.39 is 0 Å². The van der Waals surface area contributed by atoms with Crippen LogP contribution in [0.5, 0.6) is 5.75 Å². The van der Waals surface area contributed by atoms with E-state index >= 15 is 0 Å². The summed E-state index contributed by atoms with van der Waals surface area (Å²) in [6.45, 7) is 4.19. The molecule has 20 heavy (non-hydrogen) atoms. The first kappa shape index (κ1) is 16.3. The molecule has 0 aromatic heterocycles. The minimum absolute atomic E-state index is 0.113. The van der Waals surface area contributed by atoms with Gasteiger partial charge in [0.1, 0.15) is 5.75 Å². The molecule has 1 unspecified atom stereocenters. The van der Waals surface area contributed by atoms with Crippen LogP contribution in [-0.4, -0.2) is 7.11 Å². The Morgan fingerprint density at radius 1 is 1.20 bits per heavy atom. The predicted octanol–water partition coefficient (Wildman–Crippen LogP) is 6.16. The highest BCUT2D eigenvalue weighted by atomic mass is 127. The zero-order valence-corrected chi connectivity index (χ0v) is 16.8. The molecule has 0 aliphatic carbocycles. The Morgan fingerprint density at radius 3 is 2.45 bits per heavy atom. The second-order valence-corrected chi connectivity index (χ2v) is 7.56. The van der Waals surface area contributed by atoms with Crippen LogP contribution in [0.25, 0.3) is 0 Å². The third kappa shape index (κ3) is 3.07. The van der Waals surface area contributed by atoms with Crippen LogP contribution in [0, 0.1) is 17.4 Å². The van der Waals surface area contributed by atoms with Gasteiger partial charge in [0.15, 0.2) is 0 Å². The quantitative estimate of drug-likeness (QED) is 0.355. The number of halogens is 3. The van der Waals surface area contributed by atoms with Gasteiger partial charge in [-0.1, -0.05) is 50.1 Å². The number of hydrogen-bond donors (Lipinski definition) is 0. The van der Waals surface area contributed by atoms with Gasteiger partial charge in [-0.3, -0.25) is 0 Å². The zero-order valence-electron chi connectivity index (χ0n) is 11.5. The van der Waals surface area contributed by atoms with Crippen molar-refractivity contribution < 1.29 is 4.74 Å². The second kappa shape index (κ2) is 6.79. The van der Waals surface area contributed by atoms with Gasteiger partial charge >= 0.3 is 0 Å². The molecule has 1 atom stereocenters. The monoisotopic (exact) mass is 508 g/mol. The first-order valence-corrected chi connectivity index (χ1v) is 8.98. The van der Waals surface area contributed by atoms with Gasteiger partial charge < -0.3 is 4.74 Å². The van der Waals surface area contributed by atoms with Crippen molar-refractivity contribution in [1.82, 2.24) is 0 Å². The molecule has 0 spiro atoms. The number of ether oxygens (including phenoxy) is 1. The average Bonchev–Trinajstić information content (AvgIpc) is 2.42. The maximum Gasteiger partial charge on any atom is 0.126 e.